The molecule has 2 aromatic heterocycles. The molecule has 228 valence electrons. The van der Waals surface area contributed by atoms with Crippen molar-refractivity contribution in [2.24, 2.45) is 5.73 Å². The van der Waals surface area contributed by atoms with Gasteiger partial charge in [-0.3, -0.25) is 9.59 Å². The van der Waals surface area contributed by atoms with Crippen LogP contribution in [0, 0.1) is 11.9 Å². The number of carbonyl (C=O) groups is 4. The number of methoxy groups -OCH3 is 2. The van der Waals surface area contributed by atoms with E-state index in [0.29, 0.717) is 6.42 Å². The molecule has 0 aromatic carbocycles. The van der Waals surface area contributed by atoms with Crippen LogP contribution in [0.3, 0.4) is 0 Å². The largest absolute Gasteiger partial charge is 0.477 e. The molecule has 0 fully saturated rings. The number of pyridine rings is 2. The summed E-state index contributed by atoms with van der Waals surface area (Å²) in [6, 6.07) is 6.38. The Morgan fingerprint density at radius 2 is 1.32 bits per heavy atom. The first-order valence-electron chi connectivity index (χ1n) is 13.2. The van der Waals surface area contributed by atoms with Gasteiger partial charge in [-0.1, -0.05) is 64.5 Å². The van der Waals surface area contributed by atoms with Crippen molar-refractivity contribution >= 4 is 23.8 Å². The van der Waals surface area contributed by atoms with Gasteiger partial charge in [0.25, 0.3) is 5.91 Å². The van der Waals surface area contributed by atoms with Gasteiger partial charge in [-0.2, -0.15) is 8.78 Å². The minimum Gasteiger partial charge on any atom is -0.477 e. The molecule has 11 nitrogen and oxygen atoms in total. The minimum absolute atomic E-state index is 0.0607. The lowest BCUT2D eigenvalue weighted by molar-refractivity contribution is -0.143. The first-order chi connectivity index (χ1) is 19.5. The summed E-state index contributed by atoms with van der Waals surface area (Å²) in [5.41, 5.74) is 5.16. The zero-order chi connectivity index (χ0) is 31.2. The van der Waals surface area contributed by atoms with E-state index in [1.54, 1.807) is 0 Å². The molecule has 0 bridgehead atoms. The van der Waals surface area contributed by atoms with Crippen molar-refractivity contribution in [1.29, 1.82) is 0 Å². The highest BCUT2D eigenvalue weighted by molar-refractivity contribution is 5.95. The molecule has 4 N–H and O–H groups in total. The average molecular weight is 583 g/mol. The SMILES string of the molecule is CCCCC[C@H](N)C(=O)OC.CCCCC[C@H](NC(=O)c1cccc(F)n1)C(=O)OC.O=C(O)c1cccc(F)n1. The summed E-state index contributed by atoms with van der Waals surface area (Å²) in [4.78, 5) is 51.0. The summed E-state index contributed by atoms with van der Waals surface area (Å²) in [5.74, 6) is -4.14. The fraction of sp³-hybridized carbons (Fsp3) is 0.500. The molecule has 0 saturated carbocycles. The van der Waals surface area contributed by atoms with E-state index >= 15 is 0 Å². The highest BCUT2D eigenvalue weighted by Crippen LogP contribution is 2.07. The number of nitrogens with one attached hydrogen (secondary N) is 1. The summed E-state index contributed by atoms with van der Waals surface area (Å²) in [7, 11) is 2.63. The number of halogens is 2. The van der Waals surface area contributed by atoms with Crippen LogP contribution in [0.2, 0.25) is 0 Å². The number of esters is 2. The van der Waals surface area contributed by atoms with Gasteiger partial charge in [0.2, 0.25) is 11.9 Å². The fourth-order valence-electron chi connectivity index (χ4n) is 3.17. The minimum atomic E-state index is -1.22. The van der Waals surface area contributed by atoms with Crippen LogP contribution in [0.25, 0.3) is 0 Å². The van der Waals surface area contributed by atoms with Crippen LogP contribution in [0.5, 0.6) is 0 Å². The quantitative estimate of drug-likeness (QED) is 0.178. The number of unbranched alkanes of at least 4 members (excludes halogenated alkanes) is 4. The monoisotopic (exact) mass is 582 g/mol. The number of carboxylic acid groups (broad SMARTS) is 1. The molecule has 2 rings (SSSR count). The Kier molecular flexibility index (Phi) is 19.7. The van der Waals surface area contributed by atoms with Crippen LogP contribution in [-0.4, -0.2) is 65.2 Å². The van der Waals surface area contributed by atoms with E-state index < -0.39 is 41.8 Å². The van der Waals surface area contributed by atoms with Gasteiger partial charge >= 0.3 is 17.9 Å². The number of ether oxygens (including phenoxy) is 2. The second kappa shape index (κ2) is 21.8. The number of hydrogen-bond donors (Lipinski definition) is 3. The van der Waals surface area contributed by atoms with Crippen molar-refractivity contribution in [3.63, 3.8) is 0 Å². The Labute approximate surface area is 238 Å². The standard InChI is InChI=1S/C14H19FN2O3.C8H17NO2.C6H4FNO2/c1-3-4-5-7-11(14(19)20-2)17-13(18)10-8-6-9-12(15)16-10;1-3-4-5-6-7(9)8(10)11-2;7-5-3-1-2-4(8-5)6(9)10/h6,8-9,11H,3-5,7H2,1-2H3,(H,17,18);7H,3-6,9H2,1-2H3;1-3H,(H,9,10)/t11-;7-;/m00./s1. The van der Waals surface area contributed by atoms with Gasteiger partial charge in [0, 0.05) is 0 Å². The van der Waals surface area contributed by atoms with E-state index in [1.807, 2.05) is 6.92 Å². The average Bonchev–Trinajstić information content (AvgIpc) is 2.96. The predicted molar refractivity (Wildman–Crippen MR) is 147 cm³/mol. The molecule has 2 atom stereocenters. The number of aromatic nitrogens is 2. The predicted octanol–water partition coefficient (Wildman–Crippen LogP) is 4.06. The lowest BCUT2D eigenvalue weighted by atomic mass is 10.1. The Morgan fingerprint density at radius 1 is 0.829 bits per heavy atom. The molecular formula is C28H40F2N4O7. The maximum Gasteiger partial charge on any atom is 0.354 e. The number of amides is 1. The molecule has 0 aliphatic heterocycles. The molecule has 0 aliphatic carbocycles. The normalized spacial score (nSPS) is 11.4. The Morgan fingerprint density at radius 3 is 1.76 bits per heavy atom. The van der Waals surface area contributed by atoms with Crippen LogP contribution in [-0.2, 0) is 19.1 Å². The fourth-order valence-corrected chi connectivity index (χ4v) is 3.17. The first kappa shape index (κ1) is 37.0. The van der Waals surface area contributed by atoms with Crippen molar-refractivity contribution in [2.45, 2.75) is 77.3 Å². The van der Waals surface area contributed by atoms with Gasteiger partial charge in [0.05, 0.1) is 14.2 Å². The number of rotatable bonds is 13. The molecule has 0 radical (unpaired) electrons. The number of nitrogens with two attached hydrogens (primary N) is 1. The lowest BCUT2D eigenvalue weighted by Gasteiger charge is -2.16. The third-order valence-electron chi connectivity index (χ3n) is 5.39. The first-order valence-corrected chi connectivity index (χ1v) is 13.2. The summed E-state index contributed by atoms with van der Waals surface area (Å²) in [6.07, 6.45) is 7.27. The van der Waals surface area contributed by atoms with Gasteiger partial charge in [0.15, 0.2) is 5.69 Å². The maximum absolute atomic E-state index is 13.0. The highest BCUT2D eigenvalue weighted by atomic mass is 19.1. The van der Waals surface area contributed by atoms with Crippen molar-refractivity contribution in [1.82, 2.24) is 15.3 Å². The number of aromatic carboxylic acids is 1. The van der Waals surface area contributed by atoms with Crippen molar-refractivity contribution in [2.75, 3.05) is 14.2 Å². The van der Waals surface area contributed by atoms with Crippen LogP contribution >= 0.6 is 0 Å². The third-order valence-corrected chi connectivity index (χ3v) is 5.39. The van der Waals surface area contributed by atoms with Gasteiger partial charge in [-0.25, -0.2) is 19.6 Å². The Balaban J connectivity index is 0.000000643. The molecular weight excluding hydrogens is 542 g/mol. The molecule has 0 saturated heterocycles. The summed E-state index contributed by atoms with van der Waals surface area (Å²) in [6.45, 7) is 4.16. The van der Waals surface area contributed by atoms with Crippen molar-refractivity contribution in [3.8, 4) is 0 Å². The Hall–Kier alpha value is -4.00. The second-order valence-corrected chi connectivity index (χ2v) is 8.67. The Bertz CT molecular complexity index is 1090. The van der Waals surface area contributed by atoms with Crippen LogP contribution in [0.15, 0.2) is 36.4 Å². The summed E-state index contributed by atoms with van der Waals surface area (Å²) in [5, 5.41) is 10.8. The maximum atomic E-state index is 13.0. The number of nitrogens with zero attached hydrogens (tertiary/aromatic N) is 2. The van der Waals surface area contributed by atoms with Gasteiger partial charge < -0.3 is 25.6 Å². The zero-order valence-electron chi connectivity index (χ0n) is 23.9. The van der Waals surface area contributed by atoms with E-state index in [1.165, 1.54) is 38.5 Å². The molecule has 0 aliphatic rings. The van der Waals surface area contributed by atoms with Crippen molar-refractivity contribution in [3.05, 3.63) is 59.7 Å². The van der Waals surface area contributed by atoms with Crippen LogP contribution < -0.4 is 11.1 Å². The van der Waals surface area contributed by atoms with Crippen LogP contribution in [0.4, 0.5) is 8.78 Å². The molecule has 13 heteroatoms. The second-order valence-electron chi connectivity index (χ2n) is 8.67. The van der Waals surface area contributed by atoms with E-state index in [2.05, 4.69) is 31.7 Å². The molecule has 2 heterocycles. The molecule has 0 unspecified atom stereocenters. The van der Waals surface area contributed by atoms with Crippen molar-refractivity contribution < 1.29 is 42.5 Å². The van der Waals surface area contributed by atoms with E-state index in [9.17, 15) is 28.0 Å². The van der Waals surface area contributed by atoms with Gasteiger partial charge in [-0.15, -0.1) is 0 Å². The summed E-state index contributed by atoms with van der Waals surface area (Å²) >= 11 is 0. The zero-order valence-corrected chi connectivity index (χ0v) is 23.9. The third kappa shape index (κ3) is 16.6. The van der Waals surface area contributed by atoms with E-state index in [-0.39, 0.29) is 17.4 Å². The molecule has 1 amide bonds. The van der Waals surface area contributed by atoms with E-state index in [4.69, 9.17) is 10.8 Å². The molecule has 2 aromatic rings. The molecule has 0 spiro atoms. The number of carbonyl (C=O) groups excluding carboxylic acids is 3. The smallest absolute Gasteiger partial charge is 0.354 e. The summed E-state index contributed by atoms with van der Waals surface area (Å²) < 4.78 is 34.2. The highest BCUT2D eigenvalue weighted by Gasteiger charge is 2.22. The topological polar surface area (TPSA) is 171 Å². The van der Waals surface area contributed by atoms with E-state index in [0.717, 1.165) is 57.1 Å². The van der Waals surface area contributed by atoms with Gasteiger partial charge in [0.1, 0.15) is 17.8 Å². The number of hydrogen-bond acceptors (Lipinski definition) is 9. The molecule has 41 heavy (non-hydrogen) atoms. The van der Waals surface area contributed by atoms with Gasteiger partial charge in [-0.05, 0) is 37.1 Å². The number of carboxylic acids is 1. The van der Waals surface area contributed by atoms with Crippen LogP contribution in [0.1, 0.15) is 86.2 Å². The lowest BCUT2D eigenvalue weighted by Crippen LogP contribution is -2.41.